The van der Waals surface area contributed by atoms with Crippen LogP contribution in [0.15, 0.2) is 28.9 Å². The second kappa shape index (κ2) is 5.19. The quantitative estimate of drug-likeness (QED) is 0.426. The van der Waals surface area contributed by atoms with Crippen molar-refractivity contribution in [3.63, 3.8) is 0 Å². The van der Waals surface area contributed by atoms with E-state index in [1.165, 1.54) is 22.5 Å². The topological polar surface area (TPSA) is 76.7 Å². The minimum atomic E-state index is 0.329. The number of anilines is 2. The SMILES string of the molecule is Nc1ncc2c(n1)SSN2.c1cnsc1. The molecule has 0 aromatic carbocycles. The zero-order chi connectivity index (χ0) is 10.5. The van der Waals surface area contributed by atoms with Gasteiger partial charge >= 0.3 is 0 Å². The van der Waals surface area contributed by atoms with Crippen molar-refractivity contribution in [3.8, 4) is 0 Å². The molecule has 2 aromatic heterocycles. The van der Waals surface area contributed by atoms with Crippen LogP contribution in [0.3, 0.4) is 0 Å². The molecule has 0 bridgehead atoms. The standard InChI is InChI=1S/C4H4N4S2.C3H3NS/c5-4-6-1-2-3(7-4)9-10-8-2;1-2-4-5-3-1/h1,8H,(H2,5,6,7);1-3H. The van der Waals surface area contributed by atoms with Gasteiger partial charge in [-0.25, -0.2) is 14.3 Å². The van der Waals surface area contributed by atoms with Crippen molar-refractivity contribution in [1.29, 1.82) is 0 Å². The van der Waals surface area contributed by atoms with Gasteiger partial charge < -0.3 is 10.5 Å². The summed E-state index contributed by atoms with van der Waals surface area (Å²) in [6.45, 7) is 0. The van der Waals surface area contributed by atoms with Gasteiger partial charge in [0.15, 0.2) is 0 Å². The number of nitrogen functional groups attached to an aromatic ring is 1. The van der Waals surface area contributed by atoms with Gasteiger partial charge in [-0.3, -0.25) is 0 Å². The summed E-state index contributed by atoms with van der Waals surface area (Å²) in [5.74, 6) is 0.329. The van der Waals surface area contributed by atoms with Crippen LogP contribution in [0.5, 0.6) is 0 Å². The molecule has 0 radical (unpaired) electrons. The van der Waals surface area contributed by atoms with E-state index in [0.717, 1.165) is 10.7 Å². The molecule has 3 heterocycles. The third kappa shape index (κ3) is 2.98. The first kappa shape index (κ1) is 10.5. The molecular formula is C7H7N5S3. The van der Waals surface area contributed by atoms with Gasteiger partial charge in [0.1, 0.15) is 5.03 Å². The molecule has 1 aliphatic heterocycles. The lowest BCUT2D eigenvalue weighted by Crippen LogP contribution is -1.94. The summed E-state index contributed by atoms with van der Waals surface area (Å²) < 4.78 is 6.79. The third-order valence-electron chi connectivity index (χ3n) is 1.39. The molecule has 1 aliphatic rings. The Morgan fingerprint density at radius 2 is 2.33 bits per heavy atom. The number of nitrogens with two attached hydrogens (primary N) is 1. The largest absolute Gasteiger partial charge is 0.368 e. The van der Waals surface area contributed by atoms with Crippen LogP contribution in [0, 0.1) is 0 Å². The maximum atomic E-state index is 5.36. The fraction of sp³-hybridized carbons (Fsp3) is 0. The Morgan fingerprint density at radius 1 is 1.40 bits per heavy atom. The molecule has 0 amide bonds. The second-order valence-electron chi connectivity index (χ2n) is 2.40. The van der Waals surface area contributed by atoms with E-state index < -0.39 is 0 Å². The van der Waals surface area contributed by atoms with E-state index in [-0.39, 0.29) is 0 Å². The monoisotopic (exact) mass is 257 g/mol. The van der Waals surface area contributed by atoms with Gasteiger partial charge in [-0.15, -0.1) is 0 Å². The highest BCUT2D eigenvalue weighted by molar-refractivity contribution is 8.77. The van der Waals surface area contributed by atoms with E-state index in [1.54, 1.807) is 23.2 Å². The number of nitrogens with zero attached hydrogens (tertiary/aromatic N) is 3. The van der Waals surface area contributed by atoms with Gasteiger partial charge in [0.05, 0.1) is 11.9 Å². The van der Waals surface area contributed by atoms with Crippen LogP contribution < -0.4 is 10.5 Å². The average Bonchev–Trinajstić information content (AvgIpc) is 2.91. The van der Waals surface area contributed by atoms with Crippen molar-refractivity contribution in [2.24, 2.45) is 0 Å². The Balaban J connectivity index is 0.000000144. The summed E-state index contributed by atoms with van der Waals surface area (Å²) in [7, 11) is 3.08. The Kier molecular flexibility index (Phi) is 3.64. The lowest BCUT2D eigenvalue weighted by atomic mass is 10.6. The maximum absolute atomic E-state index is 5.36. The summed E-state index contributed by atoms with van der Waals surface area (Å²) in [4.78, 5) is 7.83. The summed E-state index contributed by atoms with van der Waals surface area (Å²) in [6, 6.07) is 1.91. The maximum Gasteiger partial charge on any atom is 0.221 e. The molecular weight excluding hydrogens is 250 g/mol. The van der Waals surface area contributed by atoms with Crippen LogP contribution in [0.2, 0.25) is 0 Å². The fourth-order valence-corrected chi connectivity index (χ4v) is 2.91. The highest BCUT2D eigenvalue weighted by Crippen LogP contribution is 2.42. The number of rotatable bonds is 0. The second-order valence-corrected chi connectivity index (χ2v) is 5.02. The van der Waals surface area contributed by atoms with E-state index in [4.69, 9.17) is 5.73 Å². The van der Waals surface area contributed by atoms with Crippen LogP contribution in [-0.4, -0.2) is 14.3 Å². The fourth-order valence-electron chi connectivity index (χ4n) is 0.793. The number of fused-ring (bicyclic) bond motifs is 1. The molecule has 78 valence electrons. The van der Waals surface area contributed by atoms with Crippen molar-refractivity contribution < 1.29 is 0 Å². The molecule has 3 N–H and O–H groups in total. The highest BCUT2D eigenvalue weighted by Gasteiger charge is 2.13. The summed E-state index contributed by atoms with van der Waals surface area (Å²) in [5, 5.41) is 2.84. The Bertz CT molecular complexity index is 401. The zero-order valence-electron chi connectivity index (χ0n) is 7.45. The predicted octanol–water partition coefficient (Wildman–Crippen LogP) is 2.28. The van der Waals surface area contributed by atoms with Crippen molar-refractivity contribution in [1.82, 2.24) is 14.3 Å². The zero-order valence-corrected chi connectivity index (χ0v) is 9.90. The normalized spacial score (nSPS) is 12.3. The van der Waals surface area contributed by atoms with Gasteiger partial charge in [0.25, 0.3) is 0 Å². The van der Waals surface area contributed by atoms with E-state index in [2.05, 4.69) is 19.1 Å². The molecule has 0 spiro atoms. The first-order valence-electron chi connectivity index (χ1n) is 3.92. The molecule has 0 fully saturated rings. The van der Waals surface area contributed by atoms with Gasteiger partial charge in [-0.2, -0.15) is 0 Å². The average molecular weight is 257 g/mol. The molecule has 0 saturated carbocycles. The van der Waals surface area contributed by atoms with E-state index >= 15 is 0 Å². The van der Waals surface area contributed by atoms with Crippen LogP contribution in [0.1, 0.15) is 0 Å². The van der Waals surface area contributed by atoms with Crippen molar-refractivity contribution >= 4 is 44.9 Å². The Labute approximate surface area is 98.6 Å². The van der Waals surface area contributed by atoms with Gasteiger partial charge in [-0.1, -0.05) is 0 Å². The van der Waals surface area contributed by atoms with Crippen LogP contribution in [0.4, 0.5) is 11.6 Å². The Hall–Kier alpha value is -0.990. The number of hydrogen-bond acceptors (Lipinski definition) is 8. The van der Waals surface area contributed by atoms with Crippen molar-refractivity contribution in [2.75, 3.05) is 10.5 Å². The predicted molar refractivity (Wildman–Crippen MR) is 65.6 cm³/mol. The minimum absolute atomic E-state index is 0.329. The van der Waals surface area contributed by atoms with Crippen molar-refractivity contribution in [2.45, 2.75) is 5.03 Å². The van der Waals surface area contributed by atoms with Gasteiger partial charge in [-0.05, 0) is 28.4 Å². The number of aromatic nitrogens is 3. The molecule has 0 aliphatic carbocycles. The molecule has 15 heavy (non-hydrogen) atoms. The first-order valence-corrected chi connectivity index (χ1v) is 6.91. The number of hydrogen-bond donors (Lipinski definition) is 2. The molecule has 0 saturated heterocycles. The van der Waals surface area contributed by atoms with E-state index in [1.807, 2.05) is 11.4 Å². The lowest BCUT2D eigenvalue weighted by Gasteiger charge is -1.94. The van der Waals surface area contributed by atoms with Crippen LogP contribution in [-0.2, 0) is 0 Å². The first-order chi connectivity index (χ1) is 7.36. The molecule has 8 heteroatoms. The lowest BCUT2D eigenvalue weighted by molar-refractivity contribution is 1.08. The molecule has 0 unspecified atom stereocenters. The minimum Gasteiger partial charge on any atom is -0.368 e. The Morgan fingerprint density at radius 3 is 3.00 bits per heavy atom. The molecule has 0 atom stereocenters. The third-order valence-corrected chi connectivity index (χ3v) is 3.74. The van der Waals surface area contributed by atoms with E-state index in [9.17, 15) is 0 Å². The van der Waals surface area contributed by atoms with Crippen LogP contribution >= 0.6 is 33.3 Å². The smallest absolute Gasteiger partial charge is 0.221 e. The van der Waals surface area contributed by atoms with Crippen molar-refractivity contribution in [3.05, 3.63) is 23.8 Å². The molecule has 2 aromatic rings. The number of nitrogens with one attached hydrogen (secondary N) is 1. The van der Waals surface area contributed by atoms with Crippen LogP contribution in [0.25, 0.3) is 0 Å². The van der Waals surface area contributed by atoms with Gasteiger partial charge in [0, 0.05) is 22.6 Å². The highest BCUT2D eigenvalue weighted by atomic mass is 33.1. The summed E-state index contributed by atoms with van der Waals surface area (Å²) in [5.41, 5.74) is 6.31. The van der Waals surface area contributed by atoms with E-state index in [0.29, 0.717) is 5.95 Å². The summed E-state index contributed by atoms with van der Waals surface area (Å²) >= 11 is 1.46. The summed E-state index contributed by atoms with van der Waals surface area (Å²) in [6.07, 6.45) is 3.45. The van der Waals surface area contributed by atoms with Gasteiger partial charge in [0.2, 0.25) is 5.95 Å². The molecule has 5 nitrogen and oxygen atoms in total. The molecule has 3 rings (SSSR count).